The summed E-state index contributed by atoms with van der Waals surface area (Å²) in [4.78, 5) is 60.9. The first kappa shape index (κ1) is 30.6. The highest BCUT2D eigenvalue weighted by Gasteiger charge is 2.28. The molecule has 44 heavy (non-hydrogen) atoms. The van der Waals surface area contributed by atoms with Gasteiger partial charge in [0.2, 0.25) is 11.8 Å². The number of amides is 3. The van der Waals surface area contributed by atoms with Crippen LogP contribution in [0.4, 0.5) is 27.9 Å². The lowest BCUT2D eigenvalue weighted by Gasteiger charge is -2.36. The molecule has 3 amide bonds. The number of hydrogen-bond acceptors (Lipinski definition) is 10. The smallest absolute Gasteiger partial charge is 0.410 e. The first-order chi connectivity index (χ1) is 21.0. The Bertz CT molecular complexity index is 1480. The van der Waals surface area contributed by atoms with Crippen molar-refractivity contribution >= 4 is 41.0 Å². The molecule has 2 aliphatic heterocycles. The van der Waals surface area contributed by atoms with Crippen molar-refractivity contribution in [1.29, 1.82) is 0 Å². The van der Waals surface area contributed by atoms with E-state index < -0.39 is 5.60 Å². The molecule has 0 aromatic carbocycles. The monoisotopic (exact) mass is 601 g/mol. The molecule has 2 fully saturated rings. The van der Waals surface area contributed by atoms with Gasteiger partial charge in [0.25, 0.3) is 0 Å². The summed E-state index contributed by atoms with van der Waals surface area (Å²) in [5.74, 6) is 1.53. The summed E-state index contributed by atoms with van der Waals surface area (Å²) < 4.78 is 5.52. The van der Waals surface area contributed by atoms with E-state index in [1.807, 2.05) is 39.0 Å². The quantitative estimate of drug-likeness (QED) is 0.426. The van der Waals surface area contributed by atoms with Crippen molar-refractivity contribution in [3.8, 4) is 11.3 Å². The van der Waals surface area contributed by atoms with Crippen LogP contribution in [0.2, 0.25) is 0 Å². The Labute approximate surface area is 257 Å². The number of hydrogen-bond donors (Lipinski definition) is 2. The summed E-state index contributed by atoms with van der Waals surface area (Å²) >= 11 is 0. The second-order valence-corrected chi connectivity index (χ2v) is 12.0. The van der Waals surface area contributed by atoms with Crippen molar-refractivity contribution < 1.29 is 19.1 Å². The third-order valence-corrected chi connectivity index (χ3v) is 7.52. The van der Waals surface area contributed by atoms with Gasteiger partial charge in [0.15, 0.2) is 0 Å². The number of nitrogens with one attached hydrogen (secondary N) is 2. The standard InChI is InChI=1S/C31H39N9O4/c1-21(41)38-11-6-22(7-12-38)29(42)35-24-18-25(36-26(19-24)37-27-20-32-9-10-33-27)23-5-8-34-28(17-23)39-13-15-40(16-14-39)30(43)44-31(2,3)4/h5,8-10,17-20,22H,6-7,11-16H2,1-4H3,(H2,33,35,36,37,42). The number of carbonyl (C=O) groups is 3. The van der Waals surface area contributed by atoms with Crippen LogP contribution in [0.15, 0.2) is 49.1 Å². The van der Waals surface area contributed by atoms with E-state index in [4.69, 9.17) is 9.72 Å². The Morgan fingerprint density at radius 3 is 2.30 bits per heavy atom. The zero-order valence-corrected chi connectivity index (χ0v) is 25.6. The number of piperidine rings is 1. The van der Waals surface area contributed by atoms with Crippen LogP contribution < -0.4 is 15.5 Å². The van der Waals surface area contributed by atoms with Crippen molar-refractivity contribution in [1.82, 2.24) is 29.7 Å². The Hall–Kier alpha value is -4.81. The number of rotatable bonds is 6. The molecular weight excluding hydrogens is 562 g/mol. The van der Waals surface area contributed by atoms with Crippen molar-refractivity contribution in [3.63, 3.8) is 0 Å². The van der Waals surface area contributed by atoms with Gasteiger partial charge in [-0.1, -0.05) is 0 Å². The highest BCUT2D eigenvalue weighted by atomic mass is 16.6. The second kappa shape index (κ2) is 13.2. The Kier molecular flexibility index (Phi) is 9.21. The topological polar surface area (TPSA) is 146 Å². The number of aromatic nitrogens is 4. The Balaban J connectivity index is 1.34. The summed E-state index contributed by atoms with van der Waals surface area (Å²) in [7, 11) is 0. The molecule has 0 aliphatic carbocycles. The minimum atomic E-state index is -0.543. The molecule has 2 aliphatic rings. The van der Waals surface area contributed by atoms with Gasteiger partial charge < -0.3 is 30.1 Å². The molecule has 0 spiro atoms. The number of nitrogens with zero attached hydrogens (tertiary/aromatic N) is 7. The molecule has 232 valence electrons. The molecular formula is C31H39N9O4. The molecule has 13 heteroatoms. The number of ether oxygens (including phenoxy) is 1. The van der Waals surface area contributed by atoms with E-state index in [1.54, 1.807) is 47.6 Å². The molecule has 3 aromatic heterocycles. The number of carbonyl (C=O) groups excluding carboxylic acids is 3. The van der Waals surface area contributed by atoms with E-state index >= 15 is 0 Å². The molecule has 5 heterocycles. The number of piperazine rings is 1. The van der Waals surface area contributed by atoms with Crippen molar-refractivity contribution in [3.05, 3.63) is 49.1 Å². The van der Waals surface area contributed by atoms with E-state index in [-0.39, 0.29) is 23.8 Å². The van der Waals surface area contributed by atoms with Crippen LogP contribution in [0.1, 0.15) is 40.5 Å². The number of likely N-dealkylation sites (tertiary alicyclic amines) is 1. The van der Waals surface area contributed by atoms with E-state index in [1.165, 1.54) is 0 Å². The predicted molar refractivity (Wildman–Crippen MR) is 166 cm³/mol. The number of pyridine rings is 2. The molecule has 2 N–H and O–H groups in total. The van der Waals surface area contributed by atoms with Gasteiger partial charge in [0.1, 0.15) is 23.1 Å². The maximum absolute atomic E-state index is 13.2. The Morgan fingerprint density at radius 1 is 0.886 bits per heavy atom. The summed E-state index contributed by atoms with van der Waals surface area (Å²) in [6.07, 6.45) is 7.41. The van der Waals surface area contributed by atoms with Gasteiger partial charge in [0, 0.05) is 88.0 Å². The lowest BCUT2D eigenvalue weighted by atomic mass is 9.96. The average molecular weight is 602 g/mol. The Morgan fingerprint density at radius 2 is 1.64 bits per heavy atom. The van der Waals surface area contributed by atoms with E-state index in [0.29, 0.717) is 75.1 Å². The predicted octanol–water partition coefficient (Wildman–Crippen LogP) is 3.93. The van der Waals surface area contributed by atoms with E-state index in [9.17, 15) is 14.4 Å². The fraction of sp³-hybridized carbons (Fsp3) is 0.452. The van der Waals surface area contributed by atoms with Crippen molar-refractivity contribution in [2.24, 2.45) is 5.92 Å². The summed E-state index contributed by atoms with van der Waals surface area (Å²) in [6, 6.07) is 7.43. The van der Waals surface area contributed by atoms with Gasteiger partial charge in [-0.15, -0.1) is 0 Å². The molecule has 0 unspecified atom stereocenters. The van der Waals surface area contributed by atoms with Crippen molar-refractivity contribution in [2.45, 2.75) is 46.1 Å². The van der Waals surface area contributed by atoms with E-state index in [2.05, 4.69) is 30.5 Å². The molecule has 0 saturated carbocycles. The summed E-state index contributed by atoms with van der Waals surface area (Å²) in [6.45, 7) is 10.5. The minimum absolute atomic E-state index is 0.0315. The molecule has 5 rings (SSSR count). The minimum Gasteiger partial charge on any atom is -0.444 e. The molecule has 0 atom stereocenters. The molecule has 3 aromatic rings. The van der Waals surface area contributed by atoms with Crippen LogP contribution in [0.5, 0.6) is 0 Å². The highest BCUT2D eigenvalue weighted by Crippen LogP contribution is 2.29. The summed E-state index contributed by atoms with van der Waals surface area (Å²) in [5, 5.41) is 6.25. The van der Waals surface area contributed by atoms with Gasteiger partial charge >= 0.3 is 6.09 Å². The van der Waals surface area contributed by atoms with Crippen LogP contribution in [0.3, 0.4) is 0 Å². The maximum atomic E-state index is 13.2. The van der Waals surface area contributed by atoms with E-state index in [0.717, 1.165) is 11.4 Å². The lowest BCUT2D eigenvalue weighted by molar-refractivity contribution is -0.132. The van der Waals surface area contributed by atoms with Gasteiger partial charge in [-0.25, -0.2) is 19.7 Å². The molecule has 0 radical (unpaired) electrons. The molecule has 13 nitrogen and oxygen atoms in total. The fourth-order valence-corrected chi connectivity index (χ4v) is 5.21. The van der Waals surface area contributed by atoms with Crippen molar-refractivity contribution in [2.75, 3.05) is 54.8 Å². The maximum Gasteiger partial charge on any atom is 0.410 e. The first-order valence-corrected chi connectivity index (χ1v) is 14.8. The number of anilines is 4. The van der Waals surface area contributed by atoms with Crippen LogP contribution in [0.25, 0.3) is 11.3 Å². The average Bonchev–Trinajstić information content (AvgIpc) is 3.01. The highest BCUT2D eigenvalue weighted by molar-refractivity contribution is 5.94. The van der Waals surface area contributed by atoms with Gasteiger partial charge in [0.05, 0.1) is 11.9 Å². The van der Waals surface area contributed by atoms with Crippen LogP contribution in [-0.4, -0.2) is 92.5 Å². The molecule has 0 bridgehead atoms. The zero-order valence-electron chi connectivity index (χ0n) is 25.6. The van der Waals surface area contributed by atoms with Gasteiger partial charge in [-0.3, -0.25) is 14.6 Å². The van der Waals surface area contributed by atoms with Gasteiger partial charge in [-0.2, -0.15) is 0 Å². The normalized spacial score (nSPS) is 16.0. The first-order valence-electron chi connectivity index (χ1n) is 14.8. The SMILES string of the molecule is CC(=O)N1CCC(C(=O)Nc2cc(Nc3cnccn3)nc(-c3ccnc(N4CCN(C(=O)OC(C)(C)C)CC4)c3)c2)CC1. The van der Waals surface area contributed by atoms with Crippen LogP contribution >= 0.6 is 0 Å². The largest absolute Gasteiger partial charge is 0.444 e. The second-order valence-electron chi connectivity index (χ2n) is 12.0. The lowest BCUT2D eigenvalue weighted by Crippen LogP contribution is -2.50. The van der Waals surface area contributed by atoms with Crippen LogP contribution in [-0.2, 0) is 14.3 Å². The van der Waals surface area contributed by atoms with Gasteiger partial charge in [-0.05, 0) is 51.8 Å². The third-order valence-electron chi connectivity index (χ3n) is 7.52. The zero-order chi connectivity index (χ0) is 31.3. The van der Waals surface area contributed by atoms with Crippen LogP contribution in [0, 0.1) is 5.92 Å². The fourth-order valence-electron chi connectivity index (χ4n) is 5.21. The molecule has 2 saturated heterocycles. The summed E-state index contributed by atoms with van der Waals surface area (Å²) in [5.41, 5.74) is 1.50. The third kappa shape index (κ3) is 7.97.